The van der Waals surface area contributed by atoms with E-state index in [9.17, 15) is 13.6 Å². The molecule has 0 atom stereocenters. The van der Waals surface area contributed by atoms with Crippen LogP contribution in [0.25, 0.3) is 0 Å². The molecule has 0 unspecified atom stereocenters. The van der Waals surface area contributed by atoms with Crippen LogP contribution in [0, 0.1) is 0 Å². The molecule has 0 radical (unpaired) electrons. The number of aromatic nitrogens is 1. The number of hydrogen-bond acceptors (Lipinski definition) is 3. The molecule has 0 fully saturated rings. The van der Waals surface area contributed by atoms with Crippen molar-refractivity contribution in [3.8, 4) is 5.88 Å². The predicted molar refractivity (Wildman–Crippen MR) is 50.9 cm³/mol. The number of carbonyl (C=O) groups is 1. The van der Waals surface area contributed by atoms with E-state index in [0.717, 1.165) is 6.07 Å². The van der Waals surface area contributed by atoms with Crippen molar-refractivity contribution in [1.29, 1.82) is 0 Å². The van der Waals surface area contributed by atoms with E-state index in [0.29, 0.717) is 0 Å². The van der Waals surface area contributed by atoms with E-state index in [4.69, 9.17) is 23.2 Å². The van der Waals surface area contributed by atoms with Crippen LogP contribution in [0.5, 0.6) is 5.88 Å². The Bertz CT molecular complexity index is 398. The highest BCUT2D eigenvalue weighted by molar-refractivity contribution is 6.69. The lowest BCUT2D eigenvalue weighted by atomic mass is 10.2. The highest BCUT2D eigenvalue weighted by atomic mass is 35.5. The van der Waals surface area contributed by atoms with Crippen LogP contribution in [-0.2, 0) is 0 Å². The first-order chi connectivity index (χ1) is 6.97. The molecule has 3 nitrogen and oxygen atoms in total. The summed E-state index contributed by atoms with van der Waals surface area (Å²) in [6, 6.07) is 0.879. The summed E-state index contributed by atoms with van der Waals surface area (Å²) in [4.78, 5) is 14.3. The van der Waals surface area contributed by atoms with Crippen LogP contribution in [-0.4, -0.2) is 17.3 Å². The van der Waals surface area contributed by atoms with Crippen molar-refractivity contribution in [3.63, 3.8) is 0 Å². The molecule has 1 heterocycles. The van der Waals surface area contributed by atoms with E-state index in [-0.39, 0.29) is 16.5 Å². The number of nitrogens with zero attached hydrogens (tertiary/aromatic N) is 1. The smallest absolute Gasteiger partial charge is 0.280 e. The molecular weight excluding hydrogens is 251 g/mol. The minimum atomic E-state index is -2.80. The van der Waals surface area contributed by atoms with Crippen LogP contribution in [0.1, 0.15) is 22.5 Å². The number of carbonyl (C=O) groups excluding carboxylic acids is 1. The van der Waals surface area contributed by atoms with Gasteiger partial charge in [-0.05, 0) is 17.7 Å². The van der Waals surface area contributed by atoms with Gasteiger partial charge in [-0.25, -0.2) is 13.8 Å². The van der Waals surface area contributed by atoms with E-state index in [2.05, 4.69) is 9.72 Å². The maximum Gasteiger partial charge on any atom is 0.280 e. The maximum atomic E-state index is 12.3. The molecule has 0 saturated carbocycles. The van der Waals surface area contributed by atoms with Crippen LogP contribution in [0.4, 0.5) is 8.78 Å². The van der Waals surface area contributed by atoms with Crippen molar-refractivity contribution >= 4 is 28.4 Å². The first kappa shape index (κ1) is 12.1. The molecule has 0 N–H and O–H groups in total. The van der Waals surface area contributed by atoms with Gasteiger partial charge in [-0.3, -0.25) is 4.79 Å². The lowest BCUT2D eigenvalue weighted by Crippen LogP contribution is -2.02. The van der Waals surface area contributed by atoms with Gasteiger partial charge in [0, 0.05) is 0 Å². The fraction of sp³-hybridized carbons (Fsp3) is 0.250. The average Bonchev–Trinajstić information content (AvgIpc) is 2.15. The zero-order valence-corrected chi connectivity index (χ0v) is 8.94. The zero-order valence-electron chi connectivity index (χ0n) is 7.43. The van der Waals surface area contributed by atoms with Crippen molar-refractivity contribution in [2.45, 2.75) is 6.43 Å². The fourth-order valence-electron chi connectivity index (χ4n) is 0.947. The first-order valence-electron chi connectivity index (χ1n) is 3.69. The van der Waals surface area contributed by atoms with Crippen LogP contribution >= 0.6 is 23.2 Å². The minimum absolute atomic E-state index is 0.211. The largest absolute Gasteiger partial charge is 0.480 e. The van der Waals surface area contributed by atoms with E-state index >= 15 is 0 Å². The molecule has 15 heavy (non-hydrogen) atoms. The van der Waals surface area contributed by atoms with E-state index < -0.39 is 17.4 Å². The Kier molecular flexibility index (Phi) is 3.82. The number of pyridine rings is 1. The zero-order chi connectivity index (χ0) is 11.6. The Labute approximate surface area is 94.0 Å². The van der Waals surface area contributed by atoms with Gasteiger partial charge in [-0.15, -0.1) is 0 Å². The van der Waals surface area contributed by atoms with Crippen molar-refractivity contribution < 1.29 is 18.3 Å². The van der Waals surface area contributed by atoms with Crippen LogP contribution in [0.3, 0.4) is 0 Å². The molecule has 0 spiro atoms. The second-order valence-corrected chi connectivity index (χ2v) is 3.24. The third-order valence-electron chi connectivity index (χ3n) is 1.57. The Morgan fingerprint density at radius 2 is 2.20 bits per heavy atom. The molecule has 0 aliphatic heterocycles. The summed E-state index contributed by atoms with van der Waals surface area (Å²) in [6.45, 7) is 0. The van der Waals surface area contributed by atoms with Crippen molar-refractivity contribution in [1.82, 2.24) is 4.98 Å². The molecule has 0 aromatic carbocycles. The van der Waals surface area contributed by atoms with E-state index in [1.54, 1.807) is 0 Å². The number of hydrogen-bond donors (Lipinski definition) is 0. The van der Waals surface area contributed by atoms with Gasteiger partial charge in [0.1, 0.15) is 11.3 Å². The quantitative estimate of drug-likeness (QED) is 0.780. The van der Waals surface area contributed by atoms with E-state index in [1.807, 2.05) is 0 Å². The third kappa shape index (κ3) is 2.54. The Balaban J connectivity index is 3.37. The number of rotatable bonds is 3. The molecule has 1 aromatic rings. The molecule has 0 amide bonds. The highest BCUT2D eigenvalue weighted by Crippen LogP contribution is 2.30. The van der Waals surface area contributed by atoms with Gasteiger partial charge in [0.15, 0.2) is 0 Å². The van der Waals surface area contributed by atoms with Gasteiger partial charge in [0.25, 0.3) is 11.7 Å². The number of ether oxygens (including phenoxy) is 1. The molecule has 0 bridgehead atoms. The predicted octanol–water partition coefficient (Wildman–Crippen LogP) is 3.06. The average molecular weight is 256 g/mol. The fourth-order valence-corrected chi connectivity index (χ4v) is 1.46. The van der Waals surface area contributed by atoms with Crippen molar-refractivity contribution in [3.05, 3.63) is 22.3 Å². The molecule has 1 rings (SSSR count). The molecule has 0 aliphatic rings. The lowest BCUT2D eigenvalue weighted by Gasteiger charge is -2.08. The summed E-state index contributed by atoms with van der Waals surface area (Å²) < 4.78 is 29.2. The molecular formula is C8H5Cl2F2NO2. The Hall–Kier alpha value is -0.940. The minimum Gasteiger partial charge on any atom is -0.480 e. The number of halogens is 4. The number of alkyl halides is 2. The topological polar surface area (TPSA) is 39.2 Å². The second-order valence-electron chi connectivity index (χ2n) is 2.49. The third-order valence-corrected chi connectivity index (χ3v) is 2.06. The summed E-state index contributed by atoms with van der Waals surface area (Å²) in [5.74, 6) is -0.308. The maximum absolute atomic E-state index is 12.3. The normalized spacial score (nSPS) is 10.5. The van der Waals surface area contributed by atoms with Gasteiger partial charge in [-0.2, -0.15) is 0 Å². The highest BCUT2D eigenvalue weighted by Gasteiger charge is 2.20. The van der Waals surface area contributed by atoms with Gasteiger partial charge in [0.2, 0.25) is 5.88 Å². The molecule has 82 valence electrons. The Morgan fingerprint density at radius 3 is 2.60 bits per heavy atom. The molecule has 0 saturated heterocycles. The summed E-state index contributed by atoms with van der Waals surface area (Å²) in [6.07, 6.45) is -2.80. The lowest BCUT2D eigenvalue weighted by molar-refractivity contribution is 0.107. The van der Waals surface area contributed by atoms with Crippen LogP contribution in [0.15, 0.2) is 6.07 Å². The van der Waals surface area contributed by atoms with Gasteiger partial charge < -0.3 is 4.74 Å². The summed E-state index contributed by atoms with van der Waals surface area (Å²) >= 11 is 10.8. The Morgan fingerprint density at radius 1 is 1.60 bits per heavy atom. The van der Waals surface area contributed by atoms with Crippen LogP contribution < -0.4 is 4.74 Å². The van der Waals surface area contributed by atoms with Gasteiger partial charge >= 0.3 is 0 Å². The SMILES string of the molecule is COc1nc(C(F)F)cc(Cl)c1C(=O)Cl. The molecule has 1 aromatic heterocycles. The monoisotopic (exact) mass is 255 g/mol. The molecule has 0 aliphatic carbocycles. The van der Waals surface area contributed by atoms with Crippen molar-refractivity contribution in [2.24, 2.45) is 0 Å². The van der Waals surface area contributed by atoms with Gasteiger partial charge in [-0.1, -0.05) is 11.6 Å². The second kappa shape index (κ2) is 4.72. The summed E-state index contributed by atoms with van der Waals surface area (Å²) in [5, 5.41) is -1.12. The summed E-state index contributed by atoms with van der Waals surface area (Å²) in [5.41, 5.74) is -0.788. The standard InChI is InChI=1S/C8H5Cl2F2NO2/c1-15-8-5(6(10)14)3(9)2-4(13-8)7(11)12/h2,7H,1H3. The summed E-state index contributed by atoms with van der Waals surface area (Å²) in [7, 11) is 1.18. The van der Waals surface area contributed by atoms with Crippen LogP contribution in [0.2, 0.25) is 5.02 Å². The van der Waals surface area contributed by atoms with Gasteiger partial charge in [0.05, 0.1) is 12.1 Å². The van der Waals surface area contributed by atoms with E-state index in [1.165, 1.54) is 7.11 Å². The van der Waals surface area contributed by atoms with Crippen molar-refractivity contribution in [2.75, 3.05) is 7.11 Å². The first-order valence-corrected chi connectivity index (χ1v) is 4.45. The molecule has 7 heteroatoms. The number of methoxy groups -OCH3 is 1.